The summed E-state index contributed by atoms with van der Waals surface area (Å²) in [5, 5.41) is 1.53. The van der Waals surface area contributed by atoms with Gasteiger partial charge in [-0.3, -0.25) is 9.59 Å². The third-order valence-corrected chi connectivity index (χ3v) is 9.12. The summed E-state index contributed by atoms with van der Waals surface area (Å²) in [5.41, 5.74) is 4.41. The average Bonchev–Trinajstić information content (AvgIpc) is 3.46. The van der Waals surface area contributed by atoms with Crippen LogP contribution in [0, 0.1) is 0 Å². The molecule has 10 heteroatoms. The van der Waals surface area contributed by atoms with Gasteiger partial charge in [-0.1, -0.05) is 59.9 Å². The predicted octanol–water partition coefficient (Wildman–Crippen LogP) is 6.02. The first-order valence-corrected chi connectivity index (χ1v) is 16.1. The predicted molar refractivity (Wildman–Crippen MR) is 168 cm³/mol. The van der Waals surface area contributed by atoms with E-state index in [1.54, 1.807) is 48.3 Å². The van der Waals surface area contributed by atoms with Gasteiger partial charge in [-0.2, -0.15) is 0 Å². The fourth-order valence-corrected chi connectivity index (χ4v) is 6.88. The summed E-state index contributed by atoms with van der Waals surface area (Å²) in [6.07, 6.45) is 10.5. The highest BCUT2D eigenvalue weighted by Gasteiger charge is 2.41. The van der Waals surface area contributed by atoms with E-state index in [4.69, 9.17) is 0 Å². The van der Waals surface area contributed by atoms with Crippen molar-refractivity contribution in [3.8, 4) is 0 Å². The van der Waals surface area contributed by atoms with E-state index in [1.807, 2.05) is 70.5 Å². The first-order valence-electron chi connectivity index (χ1n) is 14.1. The molecule has 0 spiro atoms. The second-order valence-electron chi connectivity index (χ2n) is 9.87. The normalized spacial score (nSPS) is 15.8. The lowest BCUT2D eigenvalue weighted by Crippen LogP contribution is -2.30. The number of fused-ring (bicyclic) bond motifs is 2. The third kappa shape index (κ3) is 5.96. The smallest absolute Gasteiger partial charge is 0.259 e. The lowest BCUT2D eigenvalue weighted by molar-refractivity contribution is -0.114. The minimum atomic E-state index is -0.102. The molecule has 2 amide bonds. The van der Waals surface area contributed by atoms with Crippen molar-refractivity contribution in [2.45, 2.75) is 36.0 Å². The molecular formula is C32H30N6O2S2. The number of benzene rings is 2. The molecule has 8 nitrogen and oxygen atoms in total. The number of carbonyl (C=O) groups excluding carboxylic acids is 2. The lowest BCUT2D eigenvalue weighted by Gasteiger charge is -2.17. The Labute approximate surface area is 253 Å². The number of thioether (sulfide) groups is 2. The van der Waals surface area contributed by atoms with Crippen LogP contribution in [0.25, 0.3) is 11.1 Å². The minimum absolute atomic E-state index is 0.102. The Morgan fingerprint density at radius 3 is 1.36 bits per heavy atom. The molecule has 0 saturated heterocycles. The second-order valence-corrected chi connectivity index (χ2v) is 12.0. The van der Waals surface area contributed by atoms with Crippen LogP contribution in [0.4, 0.5) is 11.4 Å². The molecule has 0 bridgehead atoms. The molecule has 6 rings (SSSR count). The van der Waals surface area contributed by atoms with Crippen LogP contribution in [-0.4, -0.2) is 56.3 Å². The van der Waals surface area contributed by atoms with Crippen LogP contribution in [0.15, 0.2) is 95.8 Å². The highest BCUT2D eigenvalue weighted by Crippen LogP contribution is 2.46. The van der Waals surface area contributed by atoms with E-state index in [2.05, 4.69) is 19.9 Å². The molecule has 2 aliphatic heterocycles. The second kappa shape index (κ2) is 13.3. The number of hydrogen-bond donors (Lipinski definition) is 0. The van der Waals surface area contributed by atoms with Gasteiger partial charge in [0.15, 0.2) is 10.3 Å². The number of amides is 2. The maximum absolute atomic E-state index is 14.0. The summed E-state index contributed by atoms with van der Waals surface area (Å²) in [4.78, 5) is 48.7. The number of hydrogen-bond acceptors (Lipinski definition) is 8. The SMILES string of the molecule is O=C1/C(=C2/C(=O)N(CCCCSc3ncccn3)c3ccccc32)c2ccccc2N1CCCCSc1ncccn1. The Morgan fingerprint density at radius 2 is 0.929 bits per heavy atom. The van der Waals surface area contributed by atoms with Crippen molar-refractivity contribution in [3.63, 3.8) is 0 Å². The Balaban J connectivity index is 1.16. The number of unbranched alkanes of at least 4 members (excludes halogenated alkanes) is 2. The number of carbonyl (C=O) groups is 2. The van der Waals surface area contributed by atoms with E-state index in [0.717, 1.165) is 70.0 Å². The van der Waals surface area contributed by atoms with Crippen LogP contribution in [0.1, 0.15) is 36.8 Å². The number of anilines is 2. The van der Waals surface area contributed by atoms with Gasteiger partial charge in [0.1, 0.15) is 0 Å². The van der Waals surface area contributed by atoms with Crippen molar-refractivity contribution in [2.75, 3.05) is 34.4 Å². The van der Waals surface area contributed by atoms with Crippen LogP contribution in [0.2, 0.25) is 0 Å². The molecular weight excluding hydrogens is 565 g/mol. The molecule has 212 valence electrons. The van der Waals surface area contributed by atoms with Gasteiger partial charge in [0.2, 0.25) is 0 Å². The highest BCUT2D eigenvalue weighted by molar-refractivity contribution is 7.99. The molecule has 2 aromatic heterocycles. The van der Waals surface area contributed by atoms with Gasteiger partial charge >= 0.3 is 0 Å². The number of para-hydroxylation sites is 2. The first kappa shape index (κ1) is 28.1. The van der Waals surface area contributed by atoms with Crippen molar-refractivity contribution in [1.82, 2.24) is 19.9 Å². The van der Waals surface area contributed by atoms with Crippen LogP contribution in [0.5, 0.6) is 0 Å². The monoisotopic (exact) mass is 594 g/mol. The van der Waals surface area contributed by atoms with E-state index in [1.165, 1.54) is 0 Å². The Morgan fingerprint density at radius 1 is 0.524 bits per heavy atom. The molecule has 2 aromatic carbocycles. The quantitative estimate of drug-likeness (QED) is 0.0852. The van der Waals surface area contributed by atoms with E-state index in [0.29, 0.717) is 24.2 Å². The van der Waals surface area contributed by atoms with Gasteiger partial charge < -0.3 is 9.80 Å². The summed E-state index contributed by atoms with van der Waals surface area (Å²) in [6, 6.07) is 19.3. The molecule has 0 fully saturated rings. The van der Waals surface area contributed by atoms with E-state index in [9.17, 15) is 9.59 Å². The van der Waals surface area contributed by atoms with Gasteiger partial charge in [0, 0.05) is 60.5 Å². The summed E-state index contributed by atoms with van der Waals surface area (Å²) < 4.78 is 0. The lowest BCUT2D eigenvalue weighted by atomic mass is 9.96. The van der Waals surface area contributed by atoms with E-state index >= 15 is 0 Å². The molecule has 2 aliphatic rings. The molecule has 42 heavy (non-hydrogen) atoms. The zero-order chi connectivity index (χ0) is 28.7. The van der Waals surface area contributed by atoms with Gasteiger partial charge in [0.05, 0.1) is 22.5 Å². The van der Waals surface area contributed by atoms with Gasteiger partial charge in [-0.05, 0) is 49.9 Å². The van der Waals surface area contributed by atoms with Crippen molar-refractivity contribution in [1.29, 1.82) is 0 Å². The molecule has 4 heterocycles. The molecule has 0 saturated carbocycles. The Hall–Kier alpha value is -4.02. The maximum atomic E-state index is 14.0. The van der Waals surface area contributed by atoms with Gasteiger partial charge in [-0.15, -0.1) is 0 Å². The van der Waals surface area contributed by atoms with Gasteiger partial charge in [-0.25, -0.2) is 19.9 Å². The zero-order valence-corrected chi connectivity index (χ0v) is 24.7. The van der Waals surface area contributed by atoms with E-state index in [-0.39, 0.29) is 11.8 Å². The molecule has 4 aromatic rings. The van der Waals surface area contributed by atoms with Crippen molar-refractivity contribution in [3.05, 3.63) is 96.6 Å². The number of aromatic nitrogens is 4. The fraction of sp³-hybridized carbons (Fsp3) is 0.250. The minimum Gasteiger partial charge on any atom is -0.308 e. The highest BCUT2D eigenvalue weighted by atomic mass is 32.2. The largest absolute Gasteiger partial charge is 0.308 e. The van der Waals surface area contributed by atoms with Crippen LogP contribution < -0.4 is 9.80 Å². The van der Waals surface area contributed by atoms with Crippen LogP contribution >= 0.6 is 23.5 Å². The molecule has 0 N–H and O–H groups in total. The zero-order valence-electron chi connectivity index (χ0n) is 23.1. The number of nitrogens with zero attached hydrogens (tertiary/aromatic N) is 6. The molecule has 0 unspecified atom stereocenters. The maximum Gasteiger partial charge on any atom is 0.259 e. The first-order chi connectivity index (χ1) is 20.7. The molecule has 0 aliphatic carbocycles. The van der Waals surface area contributed by atoms with Crippen LogP contribution in [0.3, 0.4) is 0 Å². The topological polar surface area (TPSA) is 92.2 Å². The van der Waals surface area contributed by atoms with Crippen molar-refractivity contribution >= 4 is 57.9 Å². The molecule has 0 radical (unpaired) electrons. The number of rotatable bonds is 12. The summed E-state index contributed by atoms with van der Waals surface area (Å²) in [5.74, 6) is 1.54. The summed E-state index contributed by atoms with van der Waals surface area (Å²) in [7, 11) is 0. The molecule has 0 atom stereocenters. The van der Waals surface area contributed by atoms with Gasteiger partial charge in [0.25, 0.3) is 11.8 Å². The summed E-state index contributed by atoms with van der Waals surface area (Å²) in [6.45, 7) is 1.18. The standard InChI is InChI=1S/C32H30N6O2S2/c39-29-27(23-11-1-3-13-25(23)37(29)19-5-7-21-41-31-33-15-9-16-34-31)28-24-12-2-4-14-26(24)38(30(28)40)20-6-8-22-42-32-35-17-10-18-36-32/h1-4,9-18H,5-8,19-22H2/b28-27+. The third-order valence-electron chi connectivity index (χ3n) is 7.20. The Bertz CT molecular complexity index is 1480. The average molecular weight is 595 g/mol. The Kier molecular flexibility index (Phi) is 8.91. The van der Waals surface area contributed by atoms with E-state index < -0.39 is 0 Å². The van der Waals surface area contributed by atoms with Crippen molar-refractivity contribution < 1.29 is 9.59 Å². The fourth-order valence-electron chi connectivity index (χ4n) is 5.28. The van der Waals surface area contributed by atoms with Crippen LogP contribution in [-0.2, 0) is 9.59 Å². The van der Waals surface area contributed by atoms with Crippen molar-refractivity contribution in [2.24, 2.45) is 0 Å². The summed E-state index contributed by atoms with van der Waals surface area (Å²) >= 11 is 3.24.